The van der Waals surface area contributed by atoms with E-state index in [1.54, 1.807) is 0 Å². The molecule has 0 saturated carbocycles. The lowest BCUT2D eigenvalue weighted by molar-refractivity contribution is -0.325. The van der Waals surface area contributed by atoms with Crippen LogP contribution in [0.4, 0.5) is 43.9 Å². The molecular formula is C15H6ClF10IN. The molecule has 2 rings (SSSR count). The van der Waals surface area contributed by atoms with Crippen molar-refractivity contribution in [1.29, 1.82) is 0 Å². The van der Waals surface area contributed by atoms with Crippen molar-refractivity contribution >= 4 is 34.2 Å². The zero-order valence-electron chi connectivity index (χ0n) is 12.9. The Morgan fingerprint density at radius 2 is 1.46 bits per heavy atom. The molecule has 0 aliphatic heterocycles. The van der Waals surface area contributed by atoms with E-state index in [1.807, 2.05) is 0 Å². The van der Waals surface area contributed by atoms with Gasteiger partial charge in [0.15, 0.2) is 0 Å². The molecule has 28 heavy (non-hydrogen) atoms. The monoisotopic (exact) mass is 552 g/mol. The molecule has 1 radical (unpaired) electrons. The zero-order valence-corrected chi connectivity index (χ0v) is 15.9. The van der Waals surface area contributed by atoms with Crippen molar-refractivity contribution in [3.05, 3.63) is 56.8 Å². The van der Waals surface area contributed by atoms with E-state index in [1.165, 1.54) is 0 Å². The average molecular weight is 553 g/mol. The maximum Gasteiger partial charge on any atom is 0.435 e. The van der Waals surface area contributed by atoms with Gasteiger partial charge in [-0.3, -0.25) is 0 Å². The molecule has 1 aromatic rings. The van der Waals surface area contributed by atoms with Crippen molar-refractivity contribution in [2.45, 2.75) is 29.6 Å². The first kappa shape index (κ1) is 23.2. The number of hydrogen-bond acceptors (Lipinski definition) is 1. The molecular weight excluding hydrogens is 547 g/mol. The molecule has 1 nitrogen and oxygen atoms in total. The minimum Gasteiger partial charge on any atom is -0.244 e. The van der Waals surface area contributed by atoms with Crippen LogP contribution in [0.1, 0.15) is 5.56 Å². The highest BCUT2D eigenvalue weighted by Gasteiger charge is 2.75. The summed E-state index contributed by atoms with van der Waals surface area (Å²) in [5, 5.41) is -0.818. The van der Waals surface area contributed by atoms with Crippen LogP contribution in [-0.2, 0) is 5.41 Å². The minimum absolute atomic E-state index is 0.0514. The Morgan fingerprint density at radius 3 is 1.89 bits per heavy atom. The van der Waals surface area contributed by atoms with Crippen molar-refractivity contribution in [1.82, 2.24) is 4.98 Å². The van der Waals surface area contributed by atoms with Crippen molar-refractivity contribution < 1.29 is 43.9 Å². The van der Waals surface area contributed by atoms with Crippen molar-refractivity contribution in [3.63, 3.8) is 0 Å². The molecule has 0 bridgehead atoms. The number of hydrogen-bond donors (Lipinski definition) is 0. The summed E-state index contributed by atoms with van der Waals surface area (Å²) in [6.07, 6.45) is -17.7. The Morgan fingerprint density at radius 1 is 0.929 bits per heavy atom. The zero-order chi connectivity index (χ0) is 21.8. The van der Waals surface area contributed by atoms with E-state index in [0.29, 0.717) is 6.42 Å². The summed E-state index contributed by atoms with van der Waals surface area (Å²) in [5.74, 6) is 0. The van der Waals surface area contributed by atoms with Gasteiger partial charge in [0.1, 0.15) is 10.6 Å². The predicted octanol–water partition coefficient (Wildman–Crippen LogP) is 6.83. The molecule has 0 amide bonds. The fourth-order valence-corrected chi connectivity index (χ4v) is 3.69. The van der Waals surface area contributed by atoms with Gasteiger partial charge in [-0.2, -0.15) is 39.5 Å². The maximum atomic E-state index is 14.4. The number of halogens is 12. The normalized spacial score (nSPS) is 22.0. The Bertz CT molecular complexity index is 809. The molecule has 0 saturated heterocycles. The molecule has 0 spiro atoms. The standard InChI is InChI=1S/C15H6ClF10IN/c16-10-9(2-1-3-28-10)11(13(18,19)20)5-7(4-8(27)6-11)12(17,14(21,22)23)15(24,25)26/h1-6H. The van der Waals surface area contributed by atoms with Crippen LogP contribution in [0.5, 0.6) is 0 Å². The largest absolute Gasteiger partial charge is 0.435 e. The molecule has 1 atom stereocenters. The first-order valence-electron chi connectivity index (χ1n) is 6.94. The smallest absolute Gasteiger partial charge is 0.244 e. The molecule has 0 aromatic carbocycles. The summed E-state index contributed by atoms with van der Waals surface area (Å²) in [6, 6.07) is 1.68. The van der Waals surface area contributed by atoms with Gasteiger partial charge in [0.2, 0.25) is 0 Å². The lowest BCUT2D eigenvalue weighted by atomic mass is 9.71. The molecule has 1 aliphatic rings. The Kier molecular flexibility index (Phi) is 5.83. The van der Waals surface area contributed by atoms with Gasteiger partial charge in [-0.1, -0.05) is 23.7 Å². The number of alkyl halides is 10. The highest BCUT2D eigenvalue weighted by molar-refractivity contribution is 14.1. The van der Waals surface area contributed by atoms with E-state index in [0.717, 1.165) is 40.9 Å². The molecule has 0 fully saturated rings. The molecule has 1 aliphatic carbocycles. The lowest BCUT2D eigenvalue weighted by Crippen LogP contribution is -2.56. The number of allylic oxidation sites excluding steroid dienone is 4. The molecule has 155 valence electrons. The van der Waals surface area contributed by atoms with Gasteiger partial charge in [0.05, 0.1) is 0 Å². The van der Waals surface area contributed by atoms with Gasteiger partial charge >= 0.3 is 24.2 Å². The summed E-state index contributed by atoms with van der Waals surface area (Å²) >= 11 is 6.69. The predicted molar refractivity (Wildman–Crippen MR) is 87.4 cm³/mol. The molecule has 1 heterocycles. The van der Waals surface area contributed by atoms with Crippen LogP contribution in [0.15, 0.2) is 39.6 Å². The maximum absolute atomic E-state index is 14.4. The van der Waals surface area contributed by atoms with E-state index >= 15 is 0 Å². The number of aromatic nitrogens is 1. The first-order chi connectivity index (χ1) is 12.5. The van der Waals surface area contributed by atoms with Crippen LogP contribution in [0, 0.1) is 6.42 Å². The van der Waals surface area contributed by atoms with Crippen LogP contribution in [0.3, 0.4) is 0 Å². The summed E-state index contributed by atoms with van der Waals surface area (Å²) in [4.78, 5) is 3.38. The van der Waals surface area contributed by atoms with E-state index in [4.69, 9.17) is 11.6 Å². The second kappa shape index (κ2) is 7.03. The van der Waals surface area contributed by atoms with E-state index < -0.39 is 55.6 Å². The van der Waals surface area contributed by atoms with Crippen molar-refractivity contribution in [2.24, 2.45) is 0 Å². The SMILES string of the molecule is FC(F)(F)C1(c2cccnc2Cl)[CH]C(I)=CC(C(F)(C(F)(F)F)C(F)(F)F)=C1. The van der Waals surface area contributed by atoms with Crippen LogP contribution in [-0.4, -0.2) is 29.2 Å². The van der Waals surface area contributed by atoms with Crippen LogP contribution in [0.25, 0.3) is 0 Å². The third-order valence-corrected chi connectivity index (χ3v) is 4.82. The summed E-state index contributed by atoms with van der Waals surface area (Å²) < 4.78 is 134. The third kappa shape index (κ3) is 3.61. The van der Waals surface area contributed by atoms with E-state index in [-0.39, 0.29) is 6.08 Å². The quantitative estimate of drug-likeness (QED) is 0.223. The summed E-state index contributed by atoms with van der Waals surface area (Å²) in [7, 11) is 0. The Hall–Kier alpha value is -1.05. The second-order valence-electron chi connectivity index (χ2n) is 5.64. The van der Waals surface area contributed by atoms with Gasteiger partial charge in [-0.25, -0.2) is 9.37 Å². The van der Waals surface area contributed by atoms with E-state index in [9.17, 15) is 43.9 Å². The highest BCUT2D eigenvalue weighted by atomic mass is 127. The second-order valence-corrected chi connectivity index (χ2v) is 7.24. The molecule has 1 aromatic heterocycles. The first-order valence-corrected chi connectivity index (χ1v) is 8.39. The van der Waals surface area contributed by atoms with Crippen LogP contribution >= 0.6 is 34.2 Å². The van der Waals surface area contributed by atoms with Gasteiger partial charge < -0.3 is 0 Å². The van der Waals surface area contributed by atoms with Crippen molar-refractivity contribution in [2.75, 3.05) is 0 Å². The Labute approximate surface area is 169 Å². The van der Waals surface area contributed by atoms with Gasteiger partial charge in [-0.05, 0) is 38.3 Å². The van der Waals surface area contributed by atoms with Gasteiger partial charge in [0, 0.05) is 23.8 Å². The minimum atomic E-state index is -6.57. The Balaban J connectivity index is 2.91. The topological polar surface area (TPSA) is 12.9 Å². The number of pyridine rings is 1. The van der Waals surface area contributed by atoms with Crippen LogP contribution in [0.2, 0.25) is 5.15 Å². The highest BCUT2D eigenvalue weighted by Crippen LogP contribution is 2.57. The fraction of sp³-hybridized carbons (Fsp3) is 0.333. The van der Waals surface area contributed by atoms with Crippen LogP contribution < -0.4 is 0 Å². The third-order valence-electron chi connectivity index (χ3n) is 3.89. The van der Waals surface area contributed by atoms with Crippen molar-refractivity contribution in [3.8, 4) is 0 Å². The van der Waals surface area contributed by atoms with Gasteiger partial charge in [0.25, 0.3) is 0 Å². The van der Waals surface area contributed by atoms with E-state index in [2.05, 4.69) is 4.98 Å². The number of nitrogens with zero attached hydrogens (tertiary/aromatic N) is 1. The molecule has 13 heteroatoms. The average Bonchev–Trinajstić information content (AvgIpc) is 2.50. The summed E-state index contributed by atoms with van der Waals surface area (Å²) in [6.45, 7) is 0. The lowest BCUT2D eigenvalue weighted by Gasteiger charge is -2.39. The molecule has 1 unspecified atom stereocenters. The van der Waals surface area contributed by atoms with Gasteiger partial charge in [-0.15, -0.1) is 0 Å². The summed E-state index contributed by atoms with van der Waals surface area (Å²) in [5.41, 5.74) is -12.8. The molecule has 0 N–H and O–H groups in total. The fourth-order valence-electron chi connectivity index (χ4n) is 2.59. The number of rotatable bonds is 2.